The van der Waals surface area contributed by atoms with E-state index in [1.807, 2.05) is 0 Å². The summed E-state index contributed by atoms with van der Waals surface area (Å²) in [7, 11) is 1.58. The molecule has 1 amide bonds. The molecule has 1 aromatic carbocycles. The Morgan fingerprint density at radius 3 is 2.64 bits per heavy atom. The number of benzene rings is 1. The average Bonchev–Trinajstić information content (AvgIpc) is 2.97. The molecule has 0 aliphatic heterocycles. The summed E-state index contributed by atoms with van der Waals surface area (Å²) >= 11 is 0. The summed E-state index contributed by atoms with van der Waals surface area (Å²) < 4.78 is 18.9. The Morgan fingerprint density at radius 1 is 1.36 bits per heavy atom. The zero-order valence-electron chi connectivity index (χ0n) is 12.5. The number of halogens is 1. The number of rotatable bonds is 6. The smallest absolute Gasteiger partial charge is 0.335 e. The Bertz CT molecular complexity index is 567. The second kappa shape index (κ2) is 6.87. The highest BCUT2D eigenvalue weighted by Crippen LogP contribution is 2.42. The monoisotopic (exact) mass is 309 g/mol. The van der Waals surface area contributed by atoms with Crippen molar-refractivity contribution < 1.29 is 23.8 Å². The molecule has 1 aliphatic carbocycles. The third-order valence-electron chi connectivity index (χ3n) is 4.29. The van der Waals surface area contributed by atoms with Gasteiger partial charge in [-0.2, -0.15) is 0 Å². The van der Waals surface area contributed by atoms with Crippen molar-refractivity contribution in [2.24, 2.45) is 5.41 Å². The molecule has 22 heavy (non-hydrogen) atoms. The largest absolute Gasteiger partial charge is 0.478 e. The maximum Gasteiger partial charge on any atom is 0.335 e. The molecule has 0 heterocycles. The molecule has 1 fully saturated rings. The maximum absolute atomic E-state index is 13.8. The number of carbonyl (C=O) groups excluding carboxylic acids is 1. The lowest BCUT2D eigenvalue weighted by Crippen LogP contribution is -2.35. The number of amides is 1. The van der Waals surface area contributed by atoms with E-state index in [1.165, 1.54) is 6.07 Å². The van der Waals surface area contributed by atoms with Gasteiger partial charge in [-0.1, -0.05) is 12.8 Å². The molecule has 5 nitrogen and oxygen atoms in total. The number of hydrogen-bond donors (Lipinski definition) is 2. The third-order valence-corrected chi connectivity index (χ3v) is 4.29. The molecule has 120 valence electrons. The molecule has 2 rings (SSSR count). The molecule has 0 saturated heterocycles. The molecule has 0 atom stereocenters. The fraction of sp³-hybridized carbons (Fsp3) is 0.500. The molecule has 6 heteroatoms. The van der Waals surface area contributed by atoms with Crippen LogP contribution in [0.15, 0.2) is 18.2 Å². The predicted octanol–water partition coefficient (Wildman–Crippen LogP) is 3.06. The molecule has 1 saturated carbocycles. The van der Waals surface area contributed by atoms with Crippen LogP contribution in [0.4, 0.5) is 10.1 Å². The first kappa shape index (κ1) is 16.4. The van der Waals surface area contributed by atoms with E-state index in [0.717, 1.165) is 37.8 Å². The Balaban J connectivity index is 2.19. The zero-order valence-corrected chi connectivity index (χ0v) is 12.5. The highest BCUT2D eigenvalue weighted by Gasteiger charge is 2.40. The van der Waals surface area contributed by atoms with E-state index in [9.17, 15) is 14.0 Å². The minimum atomic E-state index is -1.16. The number of carbonyl (C=O) groups is 2. The predicted molar refractivity (Wildman–Crippen MR) is 79.4 cm³/mol. The molecule has 1 aromatic rings. The first-order chi connectivity index (χ1) is 10.5. The van der Waals surface area contributed by atoms with Crippen LogP contribution in [0.1, 0.15) is 42.5 Å². The van der Waals surface area contributed by atoms with Crippen molar-refractivity contribution >= 4 is 17.6 Å². The van der Waals surface area contributed by atoms with Crippen LogP contribution in [0.3, 0.4) is 0 Å². The second-order valence-corrected chi connectivity index (χ2v) is 5.68. The van der Waals surface area contributed by atoms with Crippen LogP contribution in [-0.2, 0) is 9.53 Å². The molecule has 0 unspecified atom stereocenters. The third kappa shape index (κ3) is 3.44. The second-order valence-electron chi connectivity index (χ2n) is 5.68. The lowest BCUT2D eigenvalue weighted by Gasteiger charge is -2.27. The summed E-state index contributed by atoms with van der Waals surface area (Å²) in [5, 5.41) is 11.5. The topological polar surface area (TPSA) is 75.6 Å². The van der Waals surface area contributed by atoms with Crippen molar-refractivity contribution in [3.05, 3.63) is 29.6 Å². The normalized spacial score (nSPS) is 16.5. The van der Waals surface area contributed by atoms with Gasteiger partial charge in [-0.3, -0.25) is 4.79 Å². The number of hydrogen-bond acceptors (Lipinski definition) is 3. The fourth-order valence-corrected chi connectivity index (χ4v) is 2.95. The van der Waals surface area contributed by atoms with E-state index in [1.54, 1.807) is 7.11 Å². The minimum Gasteiger partial charge on any atom is -0.478 e. The van der Waals surface area contributed by atoms with E-state index in [0.29, 0.717) is 13.0 Å². The number of nitrogens with one attached hydrogen (secondary N) is 1. The van der Waals surface area contributed by atoms with Gasteiger partial charge >= 0.3 is 5.97 Å². The Hall–Kier alpha value is -1.95. The van der Waals surface area contributed by atoms with Crippen molar-refractivity contribution in [2.75, 3.05) is 19.0 Å². The number of carboxylic acids is 1. The number of carboxylic acid groups (broad SMARTS) is 1. The molecule has 0 aromatic heterocycles. The van der Waals surface area contributed by atoms with Crippen LogP contribution >= 0.6 is 0 Å². The van der Waals surface area contributed by atoms with Crippen molar-refractivity contribution in [3.63, 3.8) is 0 Å². The van der Waals surface area contributed by atoms with E-state index in [4.69, 9.17) is 9.84 Å². The fourth-order valence-electron chi connectivity index (χ4n) is 2.95. The van der Waals surface area contributed by atoms with Gasteiger partial charge in [0.1, 0.15) is 5.82 Å². The molecular formula is C16H20FNO4. The van der Waals surface area contributed by atoms with Gasteiger partial charge in [0.2, 0.25) is 5.91 Å². The summed E-state index contributed by atoms with van der Waals surface area (Å²) in [5.74, 6) is -2.06. The van der Waals surface area contributed by atoms with Crippen LogP contribution in [0.25, 0.3) is 0 Å². The van der Waals surface area contributed by atoms with Crippen LogP contribution in [0.2, 0.25) is 0 Å². The van der Waals surface area contributed by atoms with Gasteiger partial charge in [0.25, 0.3) is 0 Å². The first-order valence-electron chi connectivity index (χ1n) is 7.32. The van der Waals surface area contributed by atoms with Crippen molar-refractivity contribution in [1.82, 2.24) is 0 Å². The molecule has 0 radical (unpaired) electrons. The Labute approximate surface area is 128 Å². The summed E-state index contributed by atoms with van der Waals surface area (Å²) in [5.41, 5.74) is -0.704. The Morgan fingerprint density at radius 2 is 2.05 bits per heavy atom. The van der Waals surface area contributed by atoms with Crippen LogP contribution in [0, 0.1) is 11.2 Å². The summed E-state index contributed by atoms with van der Waals surface area (Å²) in [6, 6.07) is 3.37. The van der Waals surface area contributed by atoms with E-state index in [2.05, 4.69) is 5.32 Å². The van der Waals surface area contributed by atoms with Gasteiger partial charge in [-0.05, 0) is 37.5 Å². The summed E-state index contributed by atoms with van der Waals surface area (Å²) in [6.45, 7) is 0.463. The van der Waals surface area contributed by atoms with Gasteiger partial charge in [-0.25, -0.2) is 9.18 Å². The minimum absolute atomic E-state index is 0.0611. The van der Waals surface area contributed by atoms with Gasteiger partial charge in [0, 0.05) is 13.7 Å². The maximum atomic E-state index is 13.8. The van der Waals surface area contributed by atoms with Gasteiger partial charge in [0.15, 0.2) is 0 Å². The molecule has 0 bridgehead atoms. The lowest BCUT2D eigenvalue weighted by molar-refractivity contribution is -0.126. The highest BCUT2D eigenvalue weighted by atomic mass is 19.1. The van der Waals surface area contributed by atoms with Crippen molar-refractivity contribution in [1.29, 1.82) is 0 Å². The quantitative estimate of drug-likeness (QED) is 0.847. The SMILES string of the molecule is COCCC1(C(=O)Nc2cc(C(=O)O)ccc2F)CCCC1. The molecular weight excluding hydrogens is 289 g/mol. The van der Waals surface area contributed by atoms with Crippen molar-refractivity contribution in [2.45, 2.75) is 32.1 Å². The van der Waals surface area contributed by atoms with Gasteiger partial charge in [0.05, 0.1) is 16.7 Å². The molecule has 0 spiro atoms. The molecule has 2 N–H and O–H groups in total. The highest BCUT2D eigenvalue weighted by molar-refractivity contribution is 5.97. The standard InChI is InChI=1S/C16H20FNO4/c1-22-9-8-16(6-2-3-7-16)15(21)18-13-10-11(14(19)20)4-5-12(13)17/h4-5,10H,2-3,6-9H2,1H3,(H,18,21)(H,19,20). The first-order valence-corrected chi connectivity index (χ1v) is 7.32. The zero-order chi connectivity index (χ0) is 16.2. The van der Waals surface area contributed by atoms with Crippen LogP contribution in [-0.4, -0.2) is 30.7 Å². The van der Waals surface area contributed by atoms with E-state index >= 15 is 0 Å². The summed E-state index contributed by atoms with van der Waals surface area (Å²) in [6.07, 6.45) is 3.96. The van der Waals surface area contributed by atoms with E-state index < -0.39 is 17.2 Å². The van der Waals surface area contributed by atoms with E-state index in [-0.39, 0.29) is 17.2 Å². The number of anilines is 1. The van der Waals surface area contributed by atoms with Crippen LogP contribution < -0.4 is 5.32 Å². The molecule has 1 aliphatic rings. The van der Waals surface area contributed by atoms with Crippen molar-refractivity contribution in [3.8, 4) is 0 Å². The Kier molecular flexibility index (Phi) is 5.13. The van der Waals surface area contributed by atoms with Gasteiger partial charge < -0.3 is 15.2 Å². The average molecular weight is 309 g/mol. The van der Waals surface area contributed by atoms with Crippen LogP contribution in [0.5, 0.6) is 0 Å². The number of methoxy groups -OCH3 is 1. The lowest BCUT2D eigenvalue weighted by atomic mass is 9.82. The number of aromatic carboxylic acids is 1. The van der Waals surface area contributed by atoms with Gasteiger partial charge in [-0.15, -0.1) is 0 Å². The number of ether oxygens (including phenoxy) is 1. The summed E-state index contributed by atoms with van der Waals surface area (Å²) in [4.78, 5) is 23.6.